The van der Waals surface area contributed by atoms with Crippen molar-refractivity contribution in [1.29, 1.82) is 0 Å². The summed E-state index contributed by atoms with van der Waals surface area (Å²) >= 11 is 0. The van der Waals surface area contributed by atoms with Gasteiger partial charge in [0.25, 0.3) is 5.92 Å². The van der Waals surface area contributed by atoms with E-state index in [1.807, 2.05) is 24.3 Å². The zero-order valence-electron chi connectivity index (χ0n) is 14.2. The highest BCUT2D eigenvalue weighted by Gasteiger charge is 2.60. The lowest BCUT2D eigenvalue weighted by molar-refractivity contribution is -0.274. The second-order valence-electron chi connectivity index (χ2n) is 7.05. The van der Waals surface area contributed by atoms with E-state index in [-0.39, 0.29) is 5.56 Å². The number of pyridine rings is 1. The van der Waals surface area contributed by atoms with Gasteiger partial charge in [-0.15, -0.1) is 0 Å². The molecule has 0 aliphatic carbocycles. The van der Waals surface area contributed by atoms with E-state index in [4.69, 9.17) is 0 Å². The van der Waals surface area contributed by atoms with Crippen molar-refractivity contribution in [3.63, 3.8) is 0 Å². The van der Waals surface area contributed by atoms with Crippen LogP contribution in [0.2, 0.25) is 0 Å². The fraction of sp³-hybridized carbons (Fsp3) is 0.250. The van der Waals surface area contributed by atoms with E-state index in [0.717, 1.165) is 17.0 Å². The molecule has 0 fully saturated rings. The molecule has 3 nitrogen and oxygen atoms in total. The van der Waals surface area contributed by atoms with Crippen molar-refractivity contribution in [2.24, 2.45) is 0 Å². The zero-order chi connectivity index (χ0) is 18.7. The van der Waals surface area contributed by atoms with Crippen LogP contribution in [0, 0.1) is 5.82 Å². The molecule has 0 bridgehead atoms. The van der Waals surface area contributed by atoms with Crippen LogP contribution >= 0.6 is 0 Å². The molecule has 1 aliphatic rings. The van der Waals surface area contributed by atoms with E-state index >= 15 is 0 Å². The van der Waals surface area contributed by atoms with Crippen molar-refractivity contribution >= 4 is 10.9 Å². The minimum Gasteiger partial charge on any atom is -0.312 e. The SMILES string of the molecule is CC1(C)N(O)C(c2cnc3ccccc3c2)c2cccc(F)c2C1(F)F. The van der Waals surface area contributed by atoms with Crippen molar-refractivity contribution in [3.8, 4) is 0 Å². The maximum absolute atomic E-state index is 15.0. The number of hydrogen-bond donors (Lipinski definition) is 1. The molecule has 0 radical (unpaired) electrons. The molecule has 0 saturated carbocycles. The second-order valence-corrected chi connectivity index (χ2v) is 7.05. The average molecular weight is 358 g/mol. The highest BCUT2D eigenvalue weighted by molar-refractivity contribution is 5.79. The Morgan fingerprint density at radius 2 is 1.81 bits per heavy atom. The fourth-order valence-corrected chi connectivity index (χ4v) is 3.56. The summed E-state index contributed by atoms with van der Waals surface area (Å²) in [6.45, 7) is 2.40. The molecule has 2 aromatic carbocycles. The summed E-state index contributed by atoms with van der Waals surface area (Å²) in [5, 5.41) is 12.1. The third-order valence-electron chi connectivity index (χ3n) is 5.17. The van der Waals surface area contributed by atoms with Crippen LogP contribution in [0.3, 0.4) is 0 Å². The Labute approximate surface area is 148 Å². The molecular weight excluding hydrogens is 341 g/mol. The number of benzene rings is 2. The van der Waals surface area contributed by atoms with E-state index in [1.54, 1.807) is 6.07 Å². The quantitative estimate of drug-likeness (QED) is 0.662. The van der Waals surface area contributed by atoms with Gasteiger partial charge in [-0.05, 0) is 43.2 Å². The first kappa shape index (κ1) is 17.0. The van der Waals surface area contributed by atoms with Crippen LogP contribution in [0.1, 0.15) is 36.6 Å². The van der Waals surface area contributed by atoms with Crippen LogP contribution in [0.25, 0.3) is 10.9 Å². The Bertz CT molecular complexity index is 1000. The van der Waals surface area contributed by atoms with Crippen molar-refractivity contribution in [3.05, 3.63) is 77.2 Å². The Morgan fingerprint density at radius 1 is 1.08 bits per heavy atom. The Kier molecular flexibility index (Phi) is 3.61. The smallest absolute Gasteiger partial charge is 0.296 e. The van der Waals surface area contributed by atoms with Crippen molar-refractivity contribution in [1.82, 2.24) is 10.0 Å². The lowest BCUT2D eigenvalue weighted by atomic mass is 9.77. The van der Waals surface area contributed by atoms with E-state index in [2.05, 4.69) is 4.98 Å². The van der Waals surface area contributed by atoms with Crippen LogP contribution in [0.5, 0.6) is 0 Å². The fourth-order valence-electron chi connectivity index (χ4n) is 3.56. The molecular formula is C20H17F3N2O. The first-order valence-electron chi connectivity index (χ1n) is 8.25. The summed E-state index contributed by atoms with van der Waals surface area (Å²) < 4.78 is 44.3. The van der Waals surface area contributed by atoms with Crippen molar-refractivity contribution in [2.75, 3.05) is 0 Å². The number of aromatic nitrogens is 1. The van der Waals surface area contributed by atoms with Gasteiger partial charge in [0.05, 0.1) is 17.1 Å². The minimum absolute atomic E-state index is 0.0360. The molecule has 0 saturated heterocycles. The average Bonchev–Trinajstić information content (AvgIpc) is 2.60. The minimum atomic E-state index is -3.57. The Balaban J connectivity index is 1.99. The molecule has 0 amide bonds. The number of fused-ring (bicyclic) bond motifs is 2. The number of halogens is 3. The molecule has 4 rings (SSSR count). The summed E-state index contributed by atoms with van der Waals surface area (Å²) in [4.78, 5) is 4.35. The van der Waals surface area contributed by atoms with E-state index in [9.17, 15) is 18.4 Å². The largest absolute Gasteiger partial charge is 0.312 e. The third kappa shape index (κ3) is 2.19. The summed E-state index contributed by atoms with van der Waals surface area (Å²) in [6, 6.07) is 12.0. The summed E-state index contributed by atoms with van der Waals surface area (Å²) in [7, 11) is 0. The van der Waals surface area contributed by atoms with E-state index in [1.165, 1.54) is 32.2 Å². The number of rotatable bonds is 1. The molecule has 6 heteroatoms. The Morgan fingerprint density at radius 3 is 2.58 bits per heavy atom. The third-order valence-corrected chi connectivity index (χ3v) is 5.17. The molecule has 1 aliphatic heterocycles. The van der Waals surface area contributed by atoms with Crippen molar-refractivity contribution in [2.45, 2.75) is 31.4 Å². The Hall–Kier alpha value is -2.44. The number of nitrogens with zero attached hydrogens (tertiary/aromatic N) is 2. The van der Waals surface area contributed by atoms with Crippen LogP contribution in [-0.2, 0) is 5.92 Å². The molecule has 1 atom stereocenters. The van der Waals surface area contributed by atoms with Crippen LogP contribution in [0.4, 0.5) is 13.2 Å². The number of hydroxylamine groups is 2. The van der Waals surface area contributed by atoms with Gasteiger partial charge in [0.2, 0.25) is 0 Å². The first-order chi connectivity index (χ1) is 12.2. The van der Waals surface area contributed by atoms with Gasteiger partial charge in [-0.1, -0.05) is 30.3 Å². The number of alkyl halides is 2. The summed E-state index contributed by atoms with van der Waals surface area (Å²) in [5.74, 6) is -4.55. The lowest BCUT2D eigenvalue weighted by Crippen LogP contribution is -2.58. The second kappa shape index (κ2) is 5.53. The molecule has 1 aromatic heterocycles. The van der Waals surface area contributed by atoms with Crippen LogP contribution < -0.4 is 0 Å². The van der Waals surface area contributed by atoms with Gasteiger partial charge < -0.3 is 5.21 Å². The van der Waals surface area contributed by atoms with Gasteiger partial charge in [0, 0.05) is 11.6 Å². The topological polar surface area (TPSA) is 36.4 Å². The van der Waals surface area contributed by atoms with Gasteiger partial charge in [-0.25, -0.2) is 4.39 Å². The normalized spacial score (nSPS) is 21.5. The van der Waals surface area contributed by atoms with E-state index in [0.29, 0.717) is 10.6 Å². The zero-order valence-corrected chi connectivity index (χ0v) is 14.2. The predicted octanol–water partition coefficient (Wildman–Crippen LogP) is 5.04. The predicted molar refractivity (Wildman–Crippen MR) is 91.6 cm³/mol. The molecule has 26 heavy (non-hydrogen) atoms. The van der Waals surface area contributed by atoms with Gasteiger partial charge >= 0.3 is 0 Å². The number of para-hydroxylation sites is 1. The van der Waals surface area contributed by atoms with Crippen molar-refractivity contribution < 1.29 is 18.4 Å². The van der Waals surface area contributed by atoms with Gasteiger partial charge in [0.1, 0.15) is 11.4 Å². The van der Waals surface area contributed by atoms with Gasteiger partial charge in [0.15, 0.2) is 0 Å². The lowest BCUT2D eigenvalue weighted by Gasteiger charge is -2.49. The highest BCUT2D eigenvalue weighted by Crippen LogP contribution is 2.53. The first-order valence-corrected chi connectivity index (χ1v) is 8.25. The summed E-state index contributed by atoms with van der Waals surface area (Å²) in [6.07, 6.45) is 1.53. The van der Waals surface area contributed by atoms with Crippen LogP contribution in [0.15, 0.2) is 54.7 Å². The molecule has 1 N–H and O–H groups in total. The molecule has 1 unspecified atom stereocenters. The highest BCUT2D eigenvalue weighted by atomic mass is 19.3. The van der Waals surface area contributed by atoms with Crippen LogP contribution in [-0.4, -0.2) is 20.8 Å². The standard InChI is InChI=1S/C20H17F3N2O/c1-19(2)20(22,23)17-14(7-5-8-15(17)21)18(25(19)26)13-10-12-6-3-4-9-16(12)24-11-13/h3-11,18,26H,1-2H3. The number of hydrogen-bond acceptors (Lipinski definition) is 3. The van der Waals surface area contributed by atoms with E-state index < -0.39 is 28.9 Å². The van der Waals surface area contributed by atoms with Gasteiger partial charge in [-0.3, -0.25) is 4.98 Å². The maximum Gasteiger partial charge on any atom is 0.296 e. The molecule has 134 valence electrons. The molecule has 2 heterocycles. The van der Waals surface area contributed by atoms with Gasteiger partial charge in [-0.2, -0.15) is 13.8 Å². The monoisotopic (exact) mass is 358 g/mol. The molecule has 0 spiro atoms. The molecule has 3 aromatic rings. The maximum atomic E-state index is 15.0. The summed E-state index contributed by atoms with van der Waals surface area (Å²) in [5.41, 5.74) is -1.37.